The van der Waals surface area contributed by atoms with Crippen molar-refractivity contribution in [3.05, 3.63) is 101 Å². The summed E-state index contributed by atoms with van der Waals surface area (Å²) in [4.78, 5) is 32.9. The number of carbonyl (C=O) groups excluding carboxylic acids is 2. The molecule has 0 saturated carbocycles. The number of ether oxygens (including phenoxy) is 2. The van der Waals surface area contributed by atoms with Crippen molar-refractivity contribution in [3.8, 4) is 22.1 Å². The van der Waals surface area contributed by atoms with Crippen molar-refractivity contribution in [2.45, 2.75) is 12.1 Å². The van der Waals surface area contributed by atoms with Crippen LogP contribution in [0, 0.1) is 0 Å². The number of aromatic nitrogens is 1. The summed E-state index contributed by atoms with van der Waals surface area (Å²) in [6.07, 6.45) is 0. The van der Waals surface area contributed by atoms with E-state index >= 15 is 0 Å². The fraction of sp³-hybridized carbons (Fsp3) is 0.148. The molecule has 176 valence electrons. The number of carbonyl (C=O) groups is 2. The van der Waals surface area contributed by atoms with Gasteiger partial charge >= 0.3 is 6.03 Å². The average molecular weight is 486 g/mol. The Hall–Kier alpha value is -4.17. The maximum absolute atomic E-state index is 13.9. The van der Waals surface area contributed by atoms with Crippen LogP contribution in [0.4, 0.5) is 4.79 Å². The third kappa shape index (κ3) is 3.91. The smallest absolute Gasteiger partial charge is 0.325 e. The average Bonchev–Trinajstić information content (AvgIpc) is 3.48. The molecule has 0 atom stereocenters. The molecule has 1 aliphatic heterocycles. The van der Waals surface area contributed by atoms with Gasteiger partial charge in [0.2, 0.25) is 0 Å². The van der Waals surface area contributed by atoms with Gasteiger partial charge in [0.05, 0.1) is 26.5 Å². The van der Waals surface area contributed by atoms with Gasteiger partial charge in [-0.05, 0) is 29.3 Å². The molecule has 0 spiro atoms. The molecule has 35 heavy (non-hydrogen) atoms. The Morgan fingerprint density at radius 3 is 2.11 bits per heavy atom. The van der Waals surface area contributed by atoms with Gasteiger partial charge in [0, 0.05) is 10.9 Å². The normalized spacial score (nSPS) is 14.6. The molecule has 7 nitrogen and oxygen atoms in total. The molecule has 3 aromatic carbocycles. The van der Waals surface area contributed by atoms with Gasteiger partial charge in [-0.25, -0.2) is 9.78 Å². The molecular weight excluding hydrogens is 462 g/mol. The molecule has 4 aromatic rings. The van der Waals surface area contributed by atoms with Gasteiger partial charge in [-0.3, -0.25) is 9.69 Å². The van der Waals surface area contributed by atoms with Gasteiger partial charge in [0.25, 0.3) is 5.91 Å². The van der Waals surface area contributed by atoms with E-state index in [4.69, 9.17) is 9.47 Å². The highest BCUT2D eigenvalue weighted by Crippen LogP contribution is 2.37. The molecule has 3 amide bonds. The highest BCUT2D eigenvalue weighted by molar-refractivity contribution is 7.13. The number of methoxy groups -OCH3 is 2. The number of hydrogen-bond donors (Lipinski definition) is 1. The quantitative estimate of drug-likeness (QED) is 0.380. The summed E-state index contributed by atoms with van der Waals surface area (Å²) >= 11 is 1.44. The zero-order valence-corrected chi connectivity index (χ0v) is 20.0. The number of nitrogens with one attached hydrogen (secondary N) is 1. The molecule has 2 heterocycles. The maximum Gasteiger partial charge on any atom is 0.325 e. The van der Waals surface area contributed by atoms with Gasteiger partial charge in [0.1, 0.15) is 5.01 Å². The second kappa shape index (κ2) is 9.23. The summed E-state index contributed by atoms with van der Waals surface area (Å²) in [5, 5.41) is 5.58. The Morgan fingerprint density at radius 1 is 0.886 bits per heavy atom. The van der Waals surface area contributed by atoms with Crippen molar-refractivity contribution in [1.29, 1.82) is 0 Å². The zero-order valence-electron chi connectivity index (χ0n) is 19.2. The van der Waals surface area contributed by atoms with Gasteiger partial charge in [-0.1, -0.05) is 60.7 Å². The predicted octanol–water partition coefficient (Wildman–Crippen LogP) is 4.82. The highest BCUT2D eigenvalue weighted by Gasteiger charge is 2.53. The van der Waals surface area contributed by atoms with Crippen LogP contribution in [-0.4, -0.2) is 36.0 Å². The second-order valence-corrected chi connectivity index (χ2v) is 8.88. The van der Waals surface area contributed by atoms with Gasteiger partial charge in [0.15, 0.2) is 17.0 Å². The van der Waals surface area contributed by atoms with E-state index in [1.807, 2.05) is 84.2 Å². The fourth-order valence-corrected chi connectivity index (χ4v) is 5.11. The van der Waals surface area contributed by atoms with Crippen molar-refractivity contribution >= 4 is 23.3 Å². The van der Waals surface area contributed by atoms with Crippen LogP contribution < -0.4 is 14.8 Å². The van der Waals surface area contributed by atoms with E-state index in [9.17, 15) is 9.59 Å². The van der Waals surface area contributed by atoms with Crippen LogP contribution in [0.25, 0.3) is 10.6 Å². The molecule has 1 aromatic heterocycles. The summed E-state index contributed by atoms with van der Waals surface area (Å²) in [7, 11) is 3.17. The van der Waals surface area contributed by atoms with Crippen LogP contribution >= 0.6 is 11.3 Å². The Bertz CT molecular complexity index is 1330. The summed E-state index contributed by atoms with van der Waals surface area (Å²) < 4.78 is 10.7. The van der Waals surface area contributed by atoms with Crippen LogP contribution in [0.2, 0.25) is 0 Å². The Kier molecular flexibility index (Phi) is 5.96. The SMILES string of the molecule is COc1ccc(-c2nc(CN3C(=O)NC(c4ccccc4)(c4ccccc4)C3=O)cs2)cc1OC. The van der Waals surface area contributed by atoms with Crippen LogP contribution in [0.3, 0.4) is 0 Å². The first-order valence-corrected chi connectivity index (χ1v) is 11.9. The van der Waals surface area contributed by atoms with Gasteiger partial charge < -0.3 is 14.8 Å². The first kappa shape index (κ1) is 22.6. The number of nitrogens with zero attached hydrogens (tertiary/aromatic N) is 2. The fourth-order valence-electron chi connectivity index (χ4n) is 4.30. The number of thiazole rings is 1. The number of hydrogen-bond acceptors (Lipinski definition) is 6. The van der Waals surface area contributed by atoms with Crippen LogP contribution in [0.15, 0.2) is 84.2 Å². The third-order valence-corrected chi connectivity index (χ3v) is 6.96. The van der Waals surface area contributed by atoms with E-state index in [0.29, 0.717) is 28.3 Å². The van der Waals surface area contributed by atoms with Crippen LogP contribution in [-0.2, 0) is 16.9 Å². The summed E-state index contributed by atoms with van der Waals surface area (Å²) in [6, 6.07) is 23.7. The highest BCUT2D eigenvalue weighted by atomic mass is 32.1. The molecule has 0 radical (unpaired) electrons. The molecule has 0 aliphatic carbocycles. The van der Waals surface area contributed by atoms with Crippen molar-refractivity contribution in [3.63, 3.8) is 0 Å². The van der Waals surface area contributed by atoms with Gasteiger partial charge in [-0.15, -0.1) is 11.3 Å². The van der Waals surface area contributed by atoms with Crippen molar-refractivity contribution in [1.82, 2.24) is 15.2 Å². The van der Waals surface area contributed by atoms with Crippen LogP contribution in [0.1, 0.15) is 16.8 Å². The Morgan fingerprint density at radius 2 is 1.51 bits per heavy atom. The molecule has 1 N–H and O–H groups in total. The number of imide groups is 1. The summed E-state index contributed by atoms with van der Waals surface area (Å²) in [6.45, 7) is 0.0654. The third-order valence-electron chi connectivity index (χ3n) is 6.02. The number of amides is 3. The molecule has 0 unspecified atom stereocenters. The largest absolute Gasteiger partial charge is 0.493 e. The Labute approximate surface area is 207 Å². The summed E-state index contributed by atoms with van der Waals surface area (Å²) in [5.74, 6) is 0.900. The minimum absolute atomic E-state index is 0.0654. The molecule has 0 bridgehead atoms. The lowest BCUT2D eigenvalue weighted by molar-refractivity contribution is -0.130. The van der Waals surface area contributed by atoms with Crippen molar-refractivity contribution < 1.29 is 19.1 Å². The summed E-state index contributed by atoms with van der Waals surface area (Å²) in [5.41, 5.74) is 1.61. The molecule has 1 saturated heterocycles. The predicted molar refractivity (Wildman–Crippen MR) is 133 cm³/mol. The van der Waals surface area contributed by atoms with Crippen LogP contribution in [0.5, 0.6) is 11.5 Å². The van der Waals surface area contributed by atoms with Crippen molar-refractivity contribution in [2.24, 2.45) is 0 Å². The van der Waals surface area contributed by atoms with E-state index in [-0.39, 0.29) is 12.5 Å². The molecule has 1 aliphatic rings. The number of urea groups is 1. The topological polar surface area (TPSA) is 80.8 Å². The standard InChI is InChI=1S/C27H23N3O4S/c1-33-22-14-13-18(15-23(22)34-2)24-28-21(17-35-24)16-30-25(31)27(29-26(30)32,19-9-5-3-6-10-19)20-11-7-4-8-12-20/h3-15,17H,16H2,1-2H3,(H,29,32). The first-order valence-electron chi connectivity index (χ1n) is 11.0. The van der Waals surface area contributed by atoms with E-state index in [2.05, 4.69) is 10.3 Å². The van der Waals surface area contributed by atoms with E-state index in [1.54, 1.807) is 14.2 Å². The molecule has 5 rings (SSSR count). The van der Waals surface area contributed by atoms with E-state index in [0.717, 1.165) is 10.6 Å². The first-order chi connectivity index (χ1) is 17.1. The second-order valence-electron chi connectivity index (χ2n) is 8.02. The van der Waals surface area contributed by atoms with E-state index < -0.39 is 11.6 Å². The maximum atomic E-state index is 13.9. The molecular formula is C27H23N3O4S. The molecule has 1 fully saturated rings. The van der Waals surface area contributed by atoms with E-state index in [1.165, 1.54) is 16.2 Å². The lowest BCUT2D eigenvalue weighted by atomic mass is 9.82. The lowest BCUT2D eigenvalue weighted by Crippen LogP contribution is -2.45. The minimum Gasteiger partial charge on any atom is -0.493 e. The van der Waals surface area contributed by atoms with Gasteiger partial charge in [-0.2, -0.15) is 0 Å². The monoisotopic (exact) mass is 485 g/mol. The number of benzene rings is 3. The Balaban J connectivity index is 1.46. The number of rotatable bonds is 7. The van der Waals surface area contributed by atoms with Crippen molar-refractivity contribution in [2.75, 3.05) is 14.2 Å². The minimum atomic E-state index is -1.29. The molecule has 8 heteroatoms. The lowest BCUT2D eigenvalue weighted by Gasteiger charge is -2.27. The zero-order chi connectivity index (χ0) is 24.4.